The van der Waals surface area contributed by atoms with Crippen molar-refractivity contribution in [3.63, 3.8) is 0 Å². The van der Waals surface area contributed by atoms with Gasteiger partial charge in [0.15, 0.2) is 5.78 Å². The number of alkyl carbamates (subject to hydrolysis) is 1. The van der Waals surface area contributed by atoms with Crippen LogP contribution in [0.2, 0.25) is 0 Å². The summed E-state index contributed by atoms with van der Waals surface area (Å²) in [6.07, 6.45) is 3.78. The first kappa shape index (κ1) is 13.7. The smallest absolute Gasteiger partial charge is 0.408 e. The summed E-state index contributed by atoms with van der Waals surface area (Å²) in [5.41, 5.74) is -0.550. The molecule has 1 N–H and O–H groups in total. The van der Waals surface area contributed by atoms with Gasteiger partial charge < -0.3 is 10.1 Å². The molecule has 1 amide bonds. The minimum absolute atomic E-state index is 0.138. The monoisotopic (exact) mass is 239 g/mol. The molecule has 0 heterocycles. The molecule has 0 bridgehead atoms. The Morgan fingerprint density at radius 2 is 2.00 bits per heavy atom. The quantitative estimate of drug-likeness (QED) is 0.766. The van der Waals surface area contributed by atoms with Gasteiger partial charge >= 0.3 is 6.09 Å². The molecule has 4 nitrogen and oxygen atoms in total. The highest BCUT2D eigenvalue weighted by molar-refractivity contribution is 5.96. The maximum absolute atomic E-state index is 11.7. The van der Waals surface area contributed by atoms with Crippen molar-refractivity contribution in [2.75, 3.05) is 0 Å². The van der Waals surface area contributed by atoms with E-state index in [9.17, 15) is 9.59 Å². The normalized spacial score (nSPS) is 17.8. The SMILES string of the molecule is C=CC(=O)C(NC(=O)OC(C)(C)C)C1CCC1. The number of carbonyl (C=O) groups is 2. The van der Waals surface area contributed by atoms with Crippen LogP contribution in [-0.2, 0) is 9.53 Å². The van der Waals surface area contributed by atoms with E-state index in [4.69, 9.17) is 4.74 Å². The molecule has 0 radical (unpaired) electrons. The maximum Gasteiger partial charge on any atom is 0.408 e. The van der Waals surface area contributed by atoms with Gasteiger partial charge in [-0.15, -0.1) is 0 Å². The van der Waals surface area contributed by atoms with E-state index in [1.807, 2.05) is 0 Å². The zero-order chi connectivity index (χ0) is 13.1. The van der Waals surface area contributed by atoms with Gasteiger partial charge in [0, 0.05) is 0 Å². The Balaban J connectivity index is 2.57. The predicted octanol–water partition coefficient (Wildman–Crippen LogP) is 2.43. The second kappa shape index (κ2) is 5.34. The molecule has 0 aromatic carbocycles. The number of carbonyl (C=O) groups excluding carboxylic acids is 2. The van der Waals surface area contributed by atoms with Gasteiger partial charge in [0.1, 0.15) is 5.60 Å². The molecule has 1 aliphatic carbocycles. The minimum atomic E-state index is -0.550. The molecule has 1 unspecified atom stereocenters. The molecule has 0 saturated heterocycles. The van der Waals surface area contributed by atoms with Crippen LogP contribution in [0, 0.1) is 5.92 Å². The number of nitrogens with one attached hydrogen (secondary N) is 1. The summed E-state index contributed by atoms with van der Waals surface area (Å²) < 4.78 is 5.15. The van der Waals surface area contributed by atoms with E-state index >= 15 is 0 Å². The van der Waals surface area contributed by atoms with Crippen LogP contribution >= 0.6 is 0 Å². The molecular weight excluding hydrogens is 218 g/mol. The fourth-order valence-electron chi connectivity index (χ4n) is 1.76. The second-order valence-electron chi connectivity index (χ2n) is 5.42. The van der Waals surface area contributed by atoms with Crippen LogP contribution in [0.1, 0.15) is 40.0 Å². The summed E-state index contributed by atoms with van der Waals surface area (Å²) >= 11 is 0. The summed E-state index contributed by atoms with van der Waals surface area (Å²) in [7, 11) is 0. The van der Waals surface area contributed by atoms with Crippen molar-refractivity contribution in [3.8, 4) is 0 Å². The summed E-state index contributed by atoms with van der Waals surface area (Å²) in [6, 6.07) is -0.476. The van der Waals surface area contributed by atoms with Gasteiger partial charge in [-0.2, -0.15) is 0 Å². The lowest BCUT2D eigenvalue weighted by Crippen LogP contribution is -2.49. The van der Waals surface area contributed by atoms with Gasteiger partial charge in [0.05, 0.1) is 6.04 Å². The average Bonchev–Trinajstić information content (AvgIpc) is 2.09. The van der Waals surface area contributed by atoms with Crippen molar-refractivity contribution >= 4 is 11.9 Å². The lowest BCUT2D eigenvalue weighted by molar-refractivity contribution is -0.118. The number of ether oxygens (including phenoxy) is 1. The van der Waals surface area contributed by atoms with Crippen molar-refractivity contribution in [3.05, 3.63) is 12.7 Å². The summed E-state index contributed by atoms with van der Waals surface area (Å²) in [5, 5.41) is 2.64. The van der Waals surface area contributed by atoms with Crippen LogP contribution in [0.15, 0.2) is 12.7 Å². The summed E-state index contributed by atoms with van der Waals surface area (Å²) in [5.74, 6) is 0.0913. The van der Waals surface area contributed by atoms with Gasteiger partial charge in [-0.3, -0.25) is 4.79 Å². The largest absolute Gasteiger partial charge is 0.444 e. The lowest BCUT2D eigenvalue weighted by atomic mass is 9.78. The molecule has 1 aliphatic rings. The van der Waals surface area contributed by atoms with Crippen LogP contribution in [0.4, 0.5) is 4.79 Å². The van der Waals surface area contributed by atoms with Crippen LogP contribution in [0.25, 0.3) is 0 Å². The van der Waals surface area contributed by atoms with E-state index in [1.165, 1.54) is 6.08 Å². The van der Waals surface area contributed by atoms with Gasteiger partial charge in [-0.25, -0.2) is 4.79 Å². The molecule has 0 spiro atoms. The number of rotatable bonds is 4. The molecule has 4 heteroatoms. The van der Waals surface area contributed by atoms with Crippen LogP contribution in [0.5, 0.6) is 0 Å². The summed E-state index contributed by atoms with van der Waals surface area (Å²) in [6.45, 7) is 8.84. The third-order valence-corrected chi connectivity index (χ3v) is 2.80. The van der Waals surface area contributed by atoms with Crippen molar-refractivity contribution in [2.24, 2.45) is 5.92 Å². The zero-order valence-electron chi connectivity index (χ0n) is 10.8. The molecule has 1 saturated carbocycles. The first-order chi connectivity index (χ1) is 7.83. The second-order valence-corrected chi connectivity index (χ2v) is 5.42. The molecule has 1 atom stereocenters. The molecule has 1 rings (SSSR count). The Morgan fingerprint density at radius 3 is 2.35 bits per heavy atom. The maximum atomic E-state index is 11.7. The van der Waals surface area contributed by atoms with Gasteiger partial charge in [0.2, 0.25) is 0 Å². The molecule has 1 fully saturated rings. The Labute approximate surface area is 102 Å². The molecule has 96 valence electrons. The predicted molar refractivity (Wildman–Crippen MR) is 65.7 cm³/mol. The van der Waals surface area contributed by atoms with E-state index in [0.29, 0.717) is 0 Å². The minimum Gasteiger partial charge on any atom is -0.444 e. The van der Waals surface area contributed by atoms with Gasteiger partial charge in [0.25, 0.3) is 0 Å². The van der Waals surface area contributed by atoms with E-state index < -0.39 is 17.7 Å². The van der Waals surface area contributed by atoms with Crippen molar-refractivity contribution in [1.82, 2.24) is 5.32 Å². The third kappa shape index (κ3) is 4.21. The highest BCUT2D eigenvalue weighted by Crippen LogP contribution is 2.30. The van der Waals surface area contributed by atoms with Crippen LogP contribution in [-0.4, -0.2) is 23.5 Å². The van der Waals surface area contributed by atoms with Crippen molar-refractivity contribution in [2.45, 2.75) is 51.7 Å². The third-order valence-electron chi connectivity index (χ3n) is 2.80. The Morgan fingerprint density at radius 1 is 1.41 bits per heavy atom. The van der Waals surface area contributed by atoms with E-state index in [-0.39, 0.29) is 11.7 Å². The highest BCUT2D eigenvalue weighted by Gasteiger charge is 2.33. The van der Waals surface area contributed by atoms with E-state index in [2.05, 4.69) is 11.9 Å². The fraction of sp³-hybridized carbons (Fsp3) is 0.692. The first-order valence-electron chi connectivity index (χ1n) is 5.99. The Kier molecular flexibility index (Phi) is 4.32. The van der Waals surface area contributed by atoms with E-state index in [1.54, 1.807) is 20.8 Å². The first-order valence-corrected chi connectivity index (χ1v) is 5.99. The average molecular weight is 239 g/mol. The lowest BCUT2D eigenvalue weighted by Gasteiger charge is -2.33. The fourth-order valence-corrected chi connectivity index (χ4v) is 1.76. The van der Waals surface area contributed by atoms with Gasteiger partial charge in [-0.05, 0) is 45.6 Å². The Bertz CT molecular complexity index is 313. The molecule has 0 aromatic heterocycles. The van der Waals surface area contributed by atoms with Gasteiger partial charge in [-0.1, -0.05) is 13.0 Å². The topological polar surface area (TPSA) is 55.4 Å². The molecule has 17 heavy (non-hydrogen) atoms. The number of ketones is 1. The van der Waals surface area contributed by atoms with E-state index in [0.717, 1.165) is 19.3 Å². The molecule has 0 aliphatic heterocycles. The summed E-state index contributed by atoms with van der Waals surface area (Å²) in [4.78, 5) is 23.3. The standard InChI is InChI=1S/C13H21NO3/c1-5-10(15)11(9-7-6-8-9)14-12(16)17-13(2,3)4/h5,9,11H,1,6-8H2,2-4H3,(H,14,16). The number of hydrogen-bond donors (Lipinski definition) is 1. The zero-order valence-corrected chi connectivity index (χ0v) is 10.8. The number of amides is 1. The van der Waals surface area contributed by atoms with Crippen LogP contribution < -0.4 is 5.32 Å². The Hall–Kier alpha value is -1.32. The highest BCUT2D eigenvalue weighted by atomic mass is 16.6. The molecule has 0 aromatic rings. The van der Waals surface area contributed by atoms with Crippen molar-refractivity contribution < 1.29 is 14.3 Å². The number of hydrogen-bond acceptors (Lipinski definition) is 3. The van der Waals surface area contributed by atoms with Crippen molar-refractivity contribution in [1.29, 1.82) is 0 Å². The van der Waals surface area contributed by atoms with Crippen LogP contribution in [0.3, 0.4) is 0 Å². The molecular formula is C13H21NO3.